The van der Waals surface area contributed by atoms with Gasteiger partial charge in [-0.05, 0) is 79.5 Å². The van der Waals surface area contributed by atoms with Gasteiger partial charge in [-0.3, -0.25) is 0 Å². The van der Waals surface area contributed by atoms with Crippen LogP contribution in [0.25, 0.3) is 0 Å². The number of nitrogens with one attached hydrogen (secondary N) is 1. The van der Waals surface area contributed by atoms with Crippen molar-refractivity contribution in [3.8, 4) is 0 Å². The van der Waals surface area contributed by atoms with Gasteiger partial charge >= 0.3 is 0 Å². The summed E-state index contributed by atoms with van der Waals surface area (Å²) in [5.74, 6) is 0. The number of rotatable bonds is 8. The first-order valence-electron chi connectivity index (χ1n) is 10.5. The summed E-state index contributed by atoms with van der Waals surface area (Å²) >= 11 is 3.54. The van der Waals surface area contributed by atoms with Gasteiger partial charge < -0.3 is 11.1 Å². The smallest absolute Gasteiger partial charge is 0.0373 e. The molecule has 0 fully saturated rings. The predicted octanol–water partition coefficient (Wildman–Crippen LogP) is 6.29. The van der Waals surface area contributed by atoms with Gasteiger partial charge in [0.15, 0.2) is 0 Å². The van der Waals surface area contributed by atoms with Gasteiger partial charge in [-0.1, -0.05) is 66.9 Å². The van der Waals surface area contributed by atoms with Crippen LogP contribution in [0.4, 0.5) is 5.69 Å². The van der Waals surface area contributed by atoms with Crippen LogP contribution < -0.4 is 11.1 Å². The third-order valence-corrected chi connectivity index (χ3v) is 5.81. The van der Waals surface area contributed by atoms with Crippen LogP contribution >= 0.6 is 15.9 Å². The lowest BCUT2D eigenvalue weighted by Crippen LogP contribution is -2.03. The average Bonchev–Trinajstić information content (AvgIpc) is 3.15. The predicted molar refractivity (Wildman–Crippen MR) is 123 cm³/mol. The number of nitrogens with two attached hydrogens (primary N) is 1. The van der Waals surface area contributed by atoms with E-state index in [1.54, 1.807) is 0 Å². The minimum Gasteiger partial charge on any atom is -0.384 e. The molecular weight excluding hydrogens is 396 g/mol. The van der Waals surface area contributed by atoms with Gasteiger partial charge in [0, 0.05) is 16.7 Å². The van der Waals surface area contributed by atoms with Crippen LogP contribution in [0.15, 0.2) is 40.9 Å². The van der Waals surface area contributed by atoms with E-state index in [2.05, 4.69) is 71.5 Å². The number of unbranched alkanes of at least 4 members (excludes halogenated alkanes) is 2. The molecule has 1 aliphatic heterocycles. The number of aryl methyl sites for hydroxylation is 2. The molecule has 3 rings (SSSR count). The Bertz CT molecular complexity index is 697. The largest absolute Gasteiger partial charge is 0.384 e. The fourth-order valence-corrected chi connectivity index (χ4v) is 3.85. The SMILES string of the molecule is CCCCc1ccc(Br)c(CCN)c1.CCCCc1ccc2c(c1)CCN2. The molecule has 1 heterocycles. The molecule has 0 unspecified atom stereocenters. The summed E-state index contributed by atoms with van der Waals surface area (Å²) in [6.07, 6.45) is 9.70. The van der Waals surface area contributed by atoms with Gasteiger partial charge in [0.2, 0.25) is 0 Å². The highest BCUT2D eigenvalue weighted by Crippen LogP contribution is 2.23. The second-order valence-corrected chi connectivity index (χ2v) is 8.19. The molecule has 0 bridgehead atoms. The number of benzene rings is 2. The van der Waals surface area contributed by atoms with Crippen molar-refractivity contribution >= 4 is 21.6 Å². The van der Waals surface area contributed by atoms with Crippen molar-refractivity contribution in [3.05, 3.63) is 63.1 Å². The van der Waals surface area contributed by atoms with Crippen molar-refractivity contribution in [1.82, 2.24) is 0 Å². The molecule has 27 heavy (non-hydrogen) atoms. The van der Waals surface area contributed by atoms with Gasteiger partial charge in [0.1, 0.15) is 0 Å². The molecule has 0 saturated carbocycles. The Balaban J connectivity index is 0.000000194. The van der Waals surface area contributed by atoms with E-state index in [-0.39, 0.29) is 0 Å². The fourth-order valence-electron chi connectivity index (χ4n) is 3.41. The lowest BCUT2D eigenvalue weighted by Gasteiger charge is -2.06. The molecule has 0 aliphatic carbocycles. The van der Waals surface area contributed by atoms with Gasteiger partial charge in [-0.15, -0.1) is 0 Å². The highest BCUT2D eigenvalue weighted by molar-refractivity contribution is 9.10. The van der Waals surface area contributed by atoms with Crippen molar-refractivity contribution in [2.75, 3.05) is 18.4 Å². The van der Waals surface area contributed by atoms with E-state index in [0.717, 1.165) is 19.5 Å². The molecule has 0 atom stereocenters. The summed E-state index contributed by atoms with van der Waals surface area (Å²) in [6, 6.07) is 13.5. The average molecular weight is 431 g/mol. The van der Waals surface area contributed by atoms with Crippen LogP contribution in [-0.4, -0.2) is 13.1 Å². The Kier molecular flexibility index (Phi) is 9.93. The molecule has 0 spiro atoms. The number of fused-ring (bicyclic) bond motifs is 1. The molecule has 0 saturated heterocycles. The Labute approximate surface area is 174 Å². The highest BCUT2D eigenvalue weighted by Gasteiger charge is 2.09. The molecule has 2 aromatic carbocycles. The third kappa shape index (κ3) is 7.31. The lowest BCUT2D eigenvalue weighted by molar-refractivity contribution is 0.793. The zero-order valence-corrected chi connectivity index (χ0v) is 18.6. The molecule has 0 radical (unpaired) electrons. The Morgan fingerprint density at radius 1 is 0.926 bits per heavy atom. The number of halogens is 1. The first kappa shape index (κ1) is 22.0. The zero-order chi connectivity index (χ0) is 19.5. The van der Waals surface area contributed by atoms with Gasteiger partial charge in [0.05, 0.1) is 0 Å². The monoisotopic (exact) mass is 430 g/mol. The Morgan fingerprint density at radius 2 is 1.59 bits per heavy atom. The molecule has 148 valence electrons. The van der Waals surface area contributed by atoms with E-state index in [4.69, 9.17) is 5.73 Å². The van der Waals surface area contributed by atoms with Crippen molar-refractivity contribution in [2.45, 2.75) is 65.2 Å². The van der Waals surface area contributed by atoms with Crippen molar-refractivity contribution < 1.29 is 0 Å². The van der Waals surface area contributed by atoms with Crippen LogP contribution in [0.2, 0.25) is 0 Å². The van der Waals surface area contributed by atoms with Crippen LogP contribution in [0, 0.1) is 0 Å². The molecule has 2 nitrogen and oxygen atoms in total. The molecule has 0 amide bonds. The first-order valence-corrected chi connectivity index (χ1v) is 11.3. The Morgan fingerprint density at radius 3 is 2.26 bits per heavy atom. The number of anilines is 1. The third-order valence-electron chi connectivity index (χ3n) is 5.04. The van der Waals surface area contributed by atoms with Crippen LogP contribution in [0.5, 0.6) is 0 Å². The summed E-state index contributed by atoms with van der Waals surface area (Å²) in [4.78, 5) is 0. The normalized spacial score (nSPS) is 12.1. The molecule has 0 aromatic heterocycles. The molecular formula is C24H35BrN2. The van der Waals surface area contributed by atoms with Crippen LogP contribution in [0.3, 0.4) is 0 Å². The summed E-state index contributed by atoms with van der Waals surface area (Å²) in [6.45, 7) is 6.30. The minimum atomic E-state index is 0.718. The fraction of sp³-hybridized carbons (Fsp3) is 0.500. The van der Waals surface area contributed by atoms with Crippen molar-refractivity contribution in [1.29, 1.82) is 0 Å². The maximum Gasteiger partial charge on any atom is 0.0373 e. The Hall–Kier alpha value is -1.32. The number of hydrogen-bond acceptors (Lipinski definition) is 2. The molecule has 3 N–H and O–H groups in total. The lowest BCUT2D eigenvalue weighted by atomic mass is 10.0. The van der Waals surface area contributed by atoms with Crippen molar-refractivity contribution in [3.63, 3.8) is 0 Å². The molecule has 3 heteroatoms. The van der Waals surface area contributed by atoms with Crippen LogP contribution in [0.1, 0.15) is 61.8 Å². The van der Waals surface area contributed by atoms with E-state index in [1.807, 2.05) is 0 Å². The van der Waals surface area contributed by atoms with E-state index < -0.39 is 0 Å². The van der Waals surface area contributed by atoms with Gasteiger partial charge in [-0.2, -0.15) is 0 Å². The second-order valence-electron chi connectivity index (χ2n) is 7.34. The van der Waals surface area contributed by atoms with E-state index in [9.17, 15) is 0 Å². The van der Waals surface area contributed by atoms with E-state index in [0.29, 0.717) is 0 Å². The minimum absolute atomic E-state index is 0.718. The highest BCUT2D eigenvalue weighted by atomic mass is 79.9. The van der Waals surface area contributed by atoms with Gasteiger partial charge in [0.25, 0.3) is 0 Å². The molecule has 1 aliphatic rings. The van der Waals surface area contributed by atoms with E-state index >= 15 is 0 Å². The summed E-state index contributed by atoms with van der Waals surface area (Å²) in [5, 5.41) is 3.38. The maximum absolute atomic E-state index is 5.56. The number of hydrogen-bond donors (Lipinski definition) is 2. The van der Waals surface area contributed by atoms with Crippen molar-refractivity contribution in [2.24, 2.45) is 5.73 Å². The molecule has 2 aromatic rings. The summed E-state index contributed by atoms with van der Waals surface area (Å²) in [5.41, 5.74) is 12.7. The van der Waals surface area contributed by atoms with E-state index in [1.165, 1.54) is 77.4 Å². The topological polar surface area (TPSA) is 38.0 Å². The van der Waals surface area contributed by atoms with Crippen LogP contribution in [-0.2, 0) is 25.7 Å². The quantitative estimate of drug-likeness (QED) is 0.516. The standard InChI is InChI=1S/C12H18BrN.C12H17N/c1-2-3-4-10-5-6-12(13)11(9-10)7-8-14;1-2-3-4-10-5-6-12-11(9-10)7-8-13-12/h5-6,9H,2-4,7-8,14H2,1H3;5-6,9,13H,2-4,7-8H2,1H3. The zero-order valence-electron chi connectivity index (χ0n) is 17.0. The second kappa shape index (κ2) is 12.2. The van der Waals surface area contributed by atoms with Gasteiger partial charge in [-0.25, -0.2) is 0 Å². The maximum atomic E-state index is 5.56. The first-order chi connectivity index (χ1) is 13.2. The summed E-state index contributed by atoms with van der Waals surface area (Å²) < 4.78 is 1.18. The summed E-state index contributed by atoms with van der Waals surface area (Å²) in [7, 11) is 0.